The molecule has 0 radical (unpaired) electrons. The van der Waals surface area contributed by atoms with Crippen LogP contribution in [0, 0.1) is 11.8 Å². The summed E-state index contributed by atoms with van der Waals surface area (Å²) in [7, 11) is 0. The standard InChI is InChI=1S/C14H24O3/c1-3-17-14(16)9-8-13(15)10-12-6-4-11(2)5-7-12/h11-12H,3-10H2,1-2H3. The Balaban J connectivity index is 2.14. The van der Waals surface area contributed by atoms with Crippen LogP contribution in [-0.4, -0.2) is 18.4 Å². The zero-order valence-electron chi connectivity index (χ0n) is 11.0. The Labute approximate surface area is 104 Å². The lowest BCUT2D eigenvalue weighted by molar-refractivity contribution is -0.144. The van der Waals surface area contributed by atoms with Crippen molar-refractivity contribution < 1.29 is 14.3 Å². The number of rotatable bonds is 6. The molecule has 98 valence electrons. The van der Waals surface area contributed by atoms with E-state index in [4.69, 9.17) is 4.74 Å². The molecule has 17 heavy (non-hydrogen) atoms. The van der Waals surface area contributed by atoms with Gasteiger partial charge >= 0.3 is 5.97 Å². The second kappa shape index (κ2) is 7.46. The molecule has 1 rings (SSSR count). The maximum Gasteiger partial charge on any atom is 0.306 e. The van der Waals surface area contributed by atoms with Gasteiger partial charge in [0.15, 0.2) is 0 Å². The lowest BCUT2D eigenvalue weighted by Gasteiger charge is -2.25. The topological polar surface area (TPSA) is 43.4 Å². The molecule has 0 aromatic heterocycles. The van der Waals surface area contributed by atoms with E-state index in [2.05, 4.69) is 6.92 Å². The van der Waals surface area contributed by atoms with Gasteiger partial charge in [0.1, 0.15) is 5.78 Å². The van der Waals surface area contributed by atoms with Crippen molar-refractivity contribution in [3.63, 3.8) is 0 Å². The number of ketones is 1. The molecular weight excluding hydrogens is 216 g/mol. The van der Waals surface area contributed by atoms with Gasteiger partial charge < -0.3 is 4.74 Å². The number of Topliss-reactive ketones (excluding diaryl/α,β-unsaturated/α-hetero) is 1. The minimum atomic E-state index is -0.252. The monoisotopic (exact) mass is 240 g/mol. The SMILES string of the molecule is CCOC(=O)CCC(=O)CC1CCC(C)CC1. The van der Waals surface area contributed by atoms with E-state index in [0.717, 1.165) is 5.92 Å². The first-order valence-corrected chi connectivity index (χ1v) is 6.79. The predicted molar refractivity (Wildman–Crippen MR) is 66.6 cm³/mol. The van der Waals surface area contributed by atoms with Crippen LogP contribution in [0.1, 0.15) is 58.8 Å². The summed E-state index contributed by atoms with van der Waals surface area (Å²) in [6.07, 6.45) is 6.09. The first kappa shape index (κ1) is 14.2. The van der Waals surface area contributed by atoms with Gasteiger partial charge in [-0.3, -0.25) is 9.59 Å². The van der Waals surface area contributed by atoms with Crippen LogP contribution in [0.15, 0.2) is 0 Å². The Kier molecular flexibility index (Phi) is 6.23. The Bertz CT molecular complexity index is 252. The third kappa shape index (κ3) is 5.85. The molecule has 1 fully saturated rings. The first-order valence-electron chi connectivity index (χ1n) is 6.79. The van der Waals surface area contributed by atoms with Gasteiger partial charge in [-0.05, 0) is 31.6 Å². The van der Waals surface area contributed by atoms with E-state index in [0.29, 0.717) is 25.4 Å². The van der Waals surface area contributed by atoms with Crippen molar-refractivity contribution >= 4 is 11.8 Å². The number of hydrogen-bond acceptors (Lipinski definition) is 3. The molecule has 0 aromatic carbocycles. The highest BCUT2D eigenvalue weighted by molar-refractivity contribution is 5.83. The summed E-state index contributed by atoms with van der Waals surface area (Å²) in [6, 6.07) is 0. The molecule has 1 aliphatic carbocycles. The number of hydrogen-bond donors (Lipinski definition) is 0. The van der Waals surface area contributed by atoms with Crippen molar-refractivity contribution in [1.82, 2.24) is 0 Å². The molecule has 0 heterocycles. The zero-order valence-corrected chi connectivity index (χ0v) is 11.0. The second-order valence-electron chi connectivity index (χ2n) is 5.17. The molecule has 0 saturated heterocycles. The molecule has 0 aromatic rings. The smallest absolute Gasteiger partial charge is 0.306 e. The normalized spacial score (nSPS) is 24.4. The van der Waals surface area contributed by atoms with Gasteiger partial charge in [0, 0.05) is 12.8 Å². The van der Waals surface area contributed by atoms with Crippen LogP contribution in [0.25, 0.3) is 0 Å². The predicted octanol–water partition coefficient (Wildman–Crippen LogP) is 3.12. The van der Waals surface area contributed by atoms with Gasteiger partial charge in [-0.25, -0.2) is 0 Å². The Morgan fingerprint density at radius 2 is 1.76 bits per heavy atom. The van der Waals surface area contributed by atoms with Crippen LogP contribution in [0.2, 0.25) is 0 Å². The lowest BCUT2D eigenvalue weighted by atomic mass is 9.80. The number of carbonyl (C=O) groups is 2. The maximum absolute atomic E-state index is 11.7. The molecule has 0 aliphatic heterocycles. The van der Waals surface area contributed by atoms with Crippen LogP contribution in [-0.2, 0) is 14.3 Å². The first-order chi connectivity index (χ1) is 8.11. The molecule has 1 saturated carbocycles. The third-order valence-corrected chi connectivity index (χ3v) is 3.57. The van der Waals surface area contributed by atoms with Crippen molar-refractivity contribution in [1.29, 1.82) is 0 Å². The fraction of sp³-hybridized carbons (Fsp3) is 0.857. The highest BCUT2D eigenvalue weighted by Crippen LogP contribution is 2.30. The van der Waals surface area contributed by atoms with Gasteiger partial charge in [-0.2, -0.15) is 0 Å². The Morgan fingerprint density at radius 3 is 2.35 bits per heavy atom. The van der Waals surface area contributed by atoms with E-state index >= 15 is 0 Å². The maximum atomic E-state index is 11.7. The van der Waals surface area contributed by atoms with Crippen molar-refractivity contribution in [2.45, 2.75) is 58.8 Å². The molecule has 0 spiro atoms. The van der Waals surface area contributed by atoms with Gasteiger partial charge in [-0.15, -0.1) is 0 Å². The zero-order chi connectivity index (χ0) is 12.7. The number of ether oxygens (including phenoxy) is 1. The molecule has 0 amide bonds. The van der Waals surface area contributed by atoms with E-state index in [1.165, 1.54) is 25.7 Å². The number of esters is 1. The van der Waals surface area contributed by atoms with Crippen molar-refractivity contribution in [2.75, 3.05) is 6.61 Å². The van der Waals surface area contributed by atoms with Crippen LogP contribution >= 0.6 is 0 Å². The summed E-state index contributed by atoms with van der Waals surface area (Å²) in [5, 5.41) is 0. The molecule has 3 nitrogen and oxygen atoms in total. The summed E-state index contributed by atoms with van der Waals surface area (Å²) >= 11 is 0. The summed E-state index contributed by atoms with van der Waals surface area (Å²) in [5.41, 5.74) is 0. The summed E-state index contributed by atoms with van der Waals surface area (Å²) < 4.78 is 4.81. The van der Waals surface area contributed by atoms with E-state index < -0.39 is 0 Å². The van der Waals surface area contributed by atoms with Crippen LogP contribution in [0.4, 0.5) is 0 Å². The number of carbonyl (C=O) groups excluding carboxylic acids is 2. The molecule has 3 heteroatoms. The fourth-order valence-corrected chi connectivity index (χ4v) is 2.43. The summed E-state index contributed by atoms with van der Waals surface area (Å²) in [5.74, 6) is 1.34. The van der Waals surface area contributed by atoms with Gasteiger partial charge in [0.05, 0.1) is 13.0 Å². The largest absolute Gasteiger partial charge is 0.466 e. The minimum Gasteiger partial charge on any atom is -0.466 e. The molecule has 0 atom stereocenters. The van der Waals surface area contributed by atoms with E-state index in [1.54, 1.807) is 6.92 Å². The van der Waals surface area contributed by atoms with Crippen LogP contribution in [0.5, 0.6) is 0 Å². The van der Waals surface area contributed by atoms with Gasteiger partial charge in [-0.1, -0.05) is 19.8 Å². The highest BCUT2D eigenvalue weighted by Gasteiger charge is 2.20. The molecule has 0 bridgehead atoms. The van der Waals surface area contributed by atoms with E-state index in [9.17, 15) is 9.59 Å². The van der Waals surface area contributed by atoms with Gasteiger partial charge in [0.2, 0.25) is 0 Å². The van der Waals surface area contributed by atoms with Crippen LogP contribution < -0.4 is 0 Å². The Morgan fingerprint density at radius 1 is 1.12 bits per heavy atom. The average Bonchev–Trinajstić information content (AvgIpc) is 2.30. The third-order valence-electron chi connectivity index (χ3n) is 3.57. The minimum absolute atomic E-state index is 0.220. The fourth-order valence-electron chi connectivity index (χ4n) is 2.43. The quantitative estimate of drug-likeness (QED) is 0.670. The van der Waals surface area contributed by atoms with Crippen molar-refractivity contribution in [2.24, 2.45) is 11.8 Å². The highest BCUT2D eigenvalue weighted by atomic mass is 16.5. The van der Waals surface area contributed by atoms with E-state index in [1.807, 2.05) is 0 Å². The molecular formula is C14H24O3. The lowest BCUT2D eigenvalue weighted by Crippen LogP contribution is -2.16. The summed E-state index contributed by atoms with van der Waals surface area (Å²) in [6.45, 7) is 4.45. The Hall–Kier alpha value is -0.860. The van der Waals surface area contributed by atoms with Crippen molar-refractivity contribution in [3.05, 3.63) is 0 Å². The average molecular weight is 240 g/mol. The summed E-state index contributed by atoms with van der Waals surface area (Å²) in [4.78, 5) is 22.8. The molecule has 0 N–H and O–H groups in total. The van der Waals surface area contributed by atoms with Crippen LogP contribution in [0.3, 0.4) is 0 Å². The second-order valence-corrected chi connectivity index (χ2v) is 5.17. The molecule has 1 aliphatic rings. The van der Waals surface area contributed by atoms with Gasteiger partial charge in [0.25, 0.3) is 0 Å². The molecule has 0 unspecified atom stereocenters. The van der Waals surface area contributed by atoms with Crippen molar-refractivity contribution in [3.8, 4) is 0 Å². The van der Waals surface area contributed by atoms with E-state index in [-0.39, 0.29) is 18.2 Å².